The molecular formula is C18H25N3O4S. The molecule has 1 N–H and O–H groups in total. The SMILES string of the molecule is CC(=O)NCCC(=O)N1CCN(S(=O)(=O)c2ccc3c(c2)CCC3)CC1. The summed E-state index contributed by atoms with van der Waals surface area (Å²) >= 11 is 0. The van der Waals surface area contributed by atoms with Crippen LogP contribution in [0.5, 0.6) is 0 Å². The minimum atomic E-state index is -3.52. The Kier molecular flexibility index (Phi) is 5.62. The molecular weight excluding hydrogens is 354 g/mol. The molecule has 7 nitrogen and oxygen atoms in total. The molecule has 0 saturated carbocycles. The van der Waals surface area contributed by atoms with E-state index in [1.54, 1.807) is 11.0 Å². The fraction of sp³-hybridized carbons (Fsp3) is 0.556. The van der Waals surface area contributed by atoms with Crippen LogP contribution >= 0.6 is 0 Å². The smallest absolute Gasteiger partial charge is 0.243 e. The van der Waals surface area contributed by atoms with E-state index in [1.807, 2.05) is 12.1 Å². The number of piperazine rings is 1. The zero-order chi connectivity index (χ0) is 18.7. The van der Waals surface area contributed by atoms with Crippen molar-refractivity contribution in [2.75, 3.05) is 32.7 Å². The Morgan fingerprint density at radius 2 is 1.77 bits per heavy atom. The molecule has 0 atom stereocenters. The van der Waals surface area contributed by atoms with Gasteiger partial charge in [0.15, 0.2) is 0 Å². The molecule has 1 aromatic carbocycles. The highest BCUT2D eigenvalue weighted by Gasteiger charge is 2.30. The number of nitrogens with zero attached hydrogens (tertiary/aromatic N) is 2. The first kappa shape index (κ1) is 18.8. The molecule has 26 heavy (non-hydrogen) atoms. The number of amides is 2. The molecule has 8 heteroatoms. The van der Waals surface area contributed by atoms with Crippen molar-refractivity contribution in [1.29, 1.82) is 0 Å². The molecule has 1 fully saturated rings. The van der Waals surface area contributed by atoms with Crippen molar-refractivity contribution in [1.82, 2.24) is 14.5 Å². The number of carbonyl (C=O) groups is 2. The second-order valence-corrected chi connectivity index (χ2v) is 8.74. The van der Waals surface area contributed by atoms with Crippen molar-refractivity contribution in [3.05, 3.63) is 29.3 Å². The van der Waals surface area contributed by atoms with Crippen LogP contribution in [-0.2, 0) is 32.5 Å². The molecule has 1 heterocycles. The van der Waals surface area contributed by atoms with E-state index < -0.39 is 10.0 Å². The van der Waals surface area contributed by atoms with E-state index in [2.05, 4.69) is 5.32 Å². The minimum absolute atomic E-state index is 0.0617. The molecule has 2 aliphatic rings. The number of carbonyl (C=O) groups excluding carboxylic acids is 2. The van der Waals surface area contributed by atoms with Gasteiger partial charge in [-0.15, -0.1) is 0 Å². The molecule has 2 amide bonds. The van der Waals surface area contributed by atoms with E-state index in [1.165, 1.54) is 16.8 Å². The monoisotopic (exact) mass is 379 g/mol. The van der Waals surface area contributed by atoms with Crippen molar-refractivity contribution < 1.29 is 18.0 Å². The number of sulfonamides is 1. The van der Waals surface area contributed by atoms with Crippen LogP contribution in [0.25, 0.3) is 0 Å². The molecule has 0 radical (unpaired) electrons. The summed E-state index contributed by atoms with van der Waals surface area (Å²) in [6.07, 6.45) is 3.28. The van der Waals surface area contributed by atoms with E-state index in [9.17, 15) is 18.0 Å². The van der Waals surface area contributed by atoms with Gasteiger partial charge in [-0.2, -0.15) is 4.31 Å². The summed E-state index contributed by atoms with van der Waals surface area (Å²) in [4.78, 5) is 25.0. The lowest BCUT2D eigenvalue weighted by atomic mass is 10.1. The van der Waals surface area contributed by atoms with Crippen LogP contribution in [0.4, 0.5) is 0 Å². The van der Waals surface area contributed by atoms with Gasteiger partial charge >= 0.3 is 0 Å². The number of hydrogen-bond donors (Lipinski definition) is 1. The Balaban J connectivity index is 1.58. The van der Waals surface area contributed by atoms with Gasteiger partial charge in [-0.1, -0.05) is 6.07 Å². The van der Waals surface area contributed by atoms with Gasteiger partial charge in [0, 0.05) is 46.1 Å². The molecule has 0 spiro atoms. The zero-order valence-corrected chi connectivity index (χ0v) is 15.8. The summed E-state index contributed by atoms with van der Waals surface area (Å²) in [5.41, 5.74) is 2.39. The number of aryl methyl sites for hydroxylation is 2. The van der Waals surface area contributed by atoms with Crippen molar-refractivity contribution in [3.8, 4) is 0 Å². The van der Waals surface area contributed by atoms with Crippen molar-refractivity contribution in [3.63, 3.8) is 0 Å². The summed E-state index contributed by atoms with van der Waals surface area (Å²) in [6, 6.07) is 5.43. The molecule has 1 aliphatic heterocycles. The third-order valence-electron chi connectivity index (χ3n) is 5.01. The third kappa shape index (κ3) is 4.07. The zero-order valence-electron chi connectivity index (χ0n) is 15.0. The maximum atomic E-state index is 12.9. The summed E-state index contributed by atoms with van der Waals surface area (Å²) < 4.78 is 27.2. The van der Waals surface area contributed by atoms with Gasteiger partial charge in [0.2, 0.25) is 21.8 Å². The molecule has 0 bridgehead atoms. The standard InChI is InChI=1S/C18H25N3O4S/c1-14(22)19-8-7-18(23)20-9-11-21(12-10-20)26(24,25)17-6-5-15-3-2-4-16(15)13-17/h5-6,13H,2-4,7-12H2,1H3,(H,19,22). The lowest BCUT2D eigenvalue weighted by Crippen LogP contribution is -2.50. The van der Waals surface area contributed by atoms with Crippen LogP contribution in [0.2, 0.25) is 0 Å². The molecule has 3 rings (SSSR count). The number of nitrogens with one attached hydrogen (secondary N) is 1. The Labute approximate surface area is 154 Å². The molecule has 0 unspecified atom stereocenters. The highest BCUT2D eigenvalue weighted by molar-refractivity contribution is 7.89. The van der Waals surface area contributed by atoms with E-state index in [0.29, 0.717) is 37.6 Å². The minimum Gasteiger partial charge on any atom is -0.356 e. The predicted octanol–water partition coefficient (Wildman–Crippen LogP) is 0.534. The van der Waals surface area contributed by atoms with Gasteiger partial charge in [0.25, 0.3) is 0 Å². The lowest BCUT2D eigenvalue weighted by molar-refractivity contribution is -0.132. The van der Waals surface area contributed by atoms with Gasteiger partial charge in [-0.25, -0.2) is 8.42 Å². The van der Waals surface area contributed by atoms with Crippen LogP contribution in [0.15, 0.2) is 23.1 Å². The number of benzene rings is 1. The molecule has 142 valence electrons. The number of rotatable bonds is 5. The first-order valence-electron chi connectivity index (χ1n) is 9.02. The lowest BCUT2D eigenvalue weighted by Gasteiger charge is -2.34. The van der Waals surface area contributed by atoms with E-state index in [0.717, 1.165) is 24.8 Å². The highest BCUT2D eigenvalue weighted by Crippen LogP contribution is 2.26. The Morgan fingerprint density at radius 3 is 2.46 bits per heavy atom. The van der Waals surface area contributed by atoms with Crippen LogP contribution in [-0.4, -0.2) is 62.2 Å². The topological polar surface area (TPSA) is 86.8 Å². The van der Waals surface area contributed by atoms with Crippen LogP contribution in [0, 0.1) is 0 Å². The maximum Gasteiger partial charge on any atom is 0.243 e. The van der Waals surface area contributed by atoms with Gasteiger partial charge < -0.3 is 10.2 Å². The summed E-state index contributed by atoms with van der Waals surface area (Å²) in [5, 5.41) is 2.60. The maximum absolute atomic E-state index is 12.9. The van der Waals surface area contributed by atoms with Crippen molar-refractivity contribution in [2.24, 2.45) is 0 Å². The molecule has 1 aromatic rings. The average molecular weight is 379 g/mol. The second kappa shape index (κ2) is 7.75. The predicted molar refractivity (Wildman–Crippen MR) is 97.1 cm³/mol. The van der Waals surface area contributed by atoms with E-state index in [-0.39, 0.29) is 18.2 Å². The summed E-state index contributed by atoms with van der Waals surface area (Å²) in [5.74, 6) is -0.226. The number of fused-ring (bicyclic) bond motifs is 1. The Hall–Kier alpha value is -1.93. The van der Waals surface area contributed by atoms with Gasteiger partial charge in [-0.3, -0.25) is 9.59 Å². The quantitative estimate of drug-likeness (QED) is 0.809. The number of hydrogen-bond acceptors (Lipinski definition) is 4. The van der Waals surface area contributed by atoms with Crippen LogP contribution in [0.1, 0.15) is 30.9 Å². The molecule has 1 aliphatic carbocycles. The largest absolute Gasteiger partial charge is 0.356 e. The van der Waals surface area contributed by atoms with Crippen LogP contribution in [0.3, 0.4) is 0 Å². The second-order valence-electron chi connectivity index (χ2n) is 6.80. The fourth-order valence-electron chi connectivity index (χ4n) is 3.54. The Bertz CT molecular complexity index is 799. The van der Waals surface area contributed by atoms with E-state index in [4.69, 9.17) is 0 Å². The first-order valence-corrected chi connectivity index (χ1v) is 10.5. The van der Waals surface area contributed by atoms with Gasteiger partial charge in [0.05, 0.1) is 4.90 Å². The highest BCUT2D eigenvalue weighted by atomic mass is 32.2. The molecule has 0 aromatic heterocycles. The van der Waals surface area contributed by atoms with Crippen molar-refractivity contribution >= 4 is 21.8 Å². The fourth-order valence-corrected chi connectivity index (χ4v) is 5.01. The Morgan fingerprint density at radius 1 is 1.08 bits per heavy atom. The first-order chi connectivity index (χ1) is 12.4. The molecule has 1 saturated heterocycles. The summed E-state index contributed by atoms with van der Waals surface area (Å²) in [6.45, 7) is 3.07. The van der Waals surface area contributed by atoms with E-state index >= 15 is 0 Å². The normalized spacial score (nSPS) is 17.8. The summed E-state index contributed by atoms with van der Waals surface area (Å²) in [7, 11) is -3.52. The van der Waals surface area contributed by atoms with Crippen LogP contribution < -0.4 is 5.32 Å². The van der Waals surface area contributed by atoms with Crippen molar-refractivity contribution in [2.45, 2.75) is 37.5 Å². The van der Waals surface area contributed by atoms with Gasteiger partial charge in [0.1, 0.15) is 0 Å². The van der Waals surface area contributed by atoms with Gasteiger partial charge in [-0.05, 0) is 42.5 Å². The average Bonchev–Trinajstić information content (AvgIpc) is 3.09. The third-order valence-corrected chi connectivity index (χ3v) is 6.91.